The molecule has 4 nitrogen and oxygen atoms in total. The van der Waals surface area contributed by atoms with Gasteiger partial charge in [-0.1, -0.05) is 36.0 Å². The predicted octanol–water partition coefficient (Wildman–Crippen LogP) is 2.71. The van der Waals surface area contributed by atoms with Gasteiger partial charge in [0.05, 0.1) is 5.75 Å². The van der Waals surface area contributed by atoms with Crippen molar-refractivity contribution in [3.63, 3.8) is 0 Å². The lowest BCUT2D eigenvalue weighted by Gasteiger charge is -2.16. The number of imidazole rings is 1. The molecule has 0 radical (unpaired) electrons. The molecule has 1 aliphatic rings. The minimum atomic E-state index is -0.808. The summed E-state index contributed by atoms with van der Waals surface area (Å²) in [5.41, 5.74) is 3.87. The van der Waals surface area contributed by atoms with Gasteiger partial charge in [0, 0.05) is 17.9 Å². The highest BCUT2D eigenvalue weighted by Crippen LogP contribution is 2.33. The average Bonchev–Trinajstić information content (AvgIpc) is 2.99. The third-order valence-corrected chi connectivity index (χ3v) is 4.62. The number of carbonyl (C=O) groups is 1. The molecule has 1 aromatic heterocycles. The van der Waals surface area contributed by atoms with Gasteiger partial charge in [0.25, 0.3) is 0 Å². The lowest BCUT2D eigenvalue weighted by Crippen LogP contribution is -2.12. The summed E-state index contributed by atoms with van der Waals surface area (Å²) >= 11 is 1.29. The van der Waals surface area contributed by atoms with Crippen LogP contribution in [0.1, 0.15) is 22.9 Å². The van der Waals surface area contributed by atoms with E-state index >= 15 is 0 Å². The van der Waals surface area contributed by atoms with Gasteiger partial charge < -0.3 is 9.67 Å². The maximum absolute atomic E-state index is 10.7. The van der Waals surface area contributed by atoms with Crippen LogP contribution in [0.25, 0.3) is 0 Å². The van der Waals surface area contributed by atoms with Crippen LogP contribution in [-0.4, -0.2) is 26.4 Å². The fraction of sp³-hybridized carbons (Fsp3) is 0.333. The molecule has 0 saturated heterocycles. The Bertz CT molecular complexity index is 626. The molecule has 0 unspecified atom stereocenters. The van der Waals surface area contributed by atoms with Crippen LogP contribution >= 0.6 is 11.8 Å². The van der Waals surface area contributed by atoms with Gasteiger partial charge in [-0.15, -0.1) is 0 Å². The van der Waals surface area contributed by atoms with Crippen molar-refractivity contribution >= 4 is 17.7 Å². The quantitative estimate of drug-likeness (QED) is 0.879. The van der Waals surface area contributed by atoms with E-state index in [1.807, 2.05) is 13.1 Å². The highest BCUT2D eigenvalue weighted by atomic mass is 32.2. The number of rotatable bonds is 4. The van der Waals surface area contributed by atoms with E-state index in [1.165, 1.54) is 22.9 Å². The first-order valence-corrected chi connectivity index (χ1v) is 7.59. The number of thioether (sulfide) groups is 1. The molecule has 0 atom stereocenters. The second-order valence-electron chi connectivity index (χ2n) is 5.07. The van der Waals surface area contributed by atoms with Gasteiger partial charge in [-0.3, -0.25) is 4.79 Å². The van der Waals surface area contributed by atoms with Crippen molar-refractivity contribution in [3.8, 4) is 0 Å². The molecule has 3 rings (SSSR count). The molecular formula is C15H16N2O2S. The van der Waals surface area contributed by atoms with E-state index in [1.54, 1.807) is 0 Å². The van der Waals surface area contributed by atoms with Crippen molar-refractivity contribution < 1.29 is 9.90 Å². The largest absolute Gasteiger partial charge is 0.481 e. The van der Waals surface area contributed by atoms with Crippen LogP contribution in [0, 0.1) is 6.92 Å². The van der Waals surface area contributed by atoms with Crippen molar-refractivity contribution in [2.24, 2.45) is 0 Å². The molecule has 0 amide bonds. The second-order valence-corrected chi connectivity index (χ2v) is 6.01. The third-order valence-electron chi connectivity index (χ3n) is 3.67. The SMILES string of the molecule is Cc1cnc(SCC(=O)O)n1C1Cc2ccccc2C1. The molecular weight excluding hydrogens is 272 g/mol. The first kappa shape index (κ1) is 13.2. The molecule has 0 bridgehead atoms. The van der Waals surface area contributed by atoms with Crippen molar-refractivity contribution in [2.75, 3.05) is 5.75 Å². The van der Waals surface area contributed by atoms with Crippen molar-refractivity contribution in [1.82, 2.24) is 9.55 Å². The minimum absolute atomic E-state index is 0.0517. The van der Waals surface area contributed by atoms with E-state index in [4.69, 9.17) is 5.11 Å². The van der Waals surface area contributed by atoms with E-state index in [0.717, 1.165) is 23.7 Å². The standard InChI is InChI=1S/C15H16N2O2S/c1-10-8-16-15(20-9-14(18)19)17(10)13-6-11-4-2-3-5-12(11)7-13/h2-5,8,13H,6-7,9H2,1H3,(H,18,19). The van der Waals surface area contributed by atoms with Crippen LogP contribution in [0.2, 0.25) is 0 Å². The molecule has 1 N–H and O–H groups in total. The number of aryl methyl sites for hydroxylation is 1. The molecule has 0 aliphatic heterocycles. The summed E-state index contributed by atoms with van der Waals surface area (Å²) in [6.45, 7) is 2.03. The van der Waals surface area contributed by atoms with Crippen LogP contribution < -0.4 is 0 Å². The fourth-order valence-electron chi connectivity index (χ4n) is 2.82. The molecule has 2 aromatic rings. The Balaban J connectivity index is 1.85. The van der Waals surface area contributed by atoms with E-state index < -0.39 is 5.97 Å². The summed E-state index contributed by atoms with van der Waals surface area (Å²) < 4.78 is 2.19. The summed E-state index contributed by atoms with van der Waals surface area (Å²) in [6.07, 6.45) is 3.81. The predicted molar refractivity (Wildman–Crippen MR) is 78.2 cm³/mol. The Morgan fingerprint density at radius 3 is 2.65 bits per heavy atom. The maximum Gasteiger partial charge on any atom is 0.313 e. The lowest BCUT2D eigenvalue weighted by molar-refractivity contribution is -0.133. The first-order chi connectivity index (χ1) is 9.65. The molecule has 1 aromatic carbocycles. The van der Waals surface area contributed by atoms with Gasteiger partial charge in [0.1, 0.15) is 0 Å². The molecule has 0 fully saturated rings. The number of nitrogens with zero attached hydrogens (tertiary/aromatic N) is 2. The Kier molecular flexibility index (Phi) is 3.53. The van der Waals surface area contributed by atoms with E-state index in [-0.39, 0.29) is 5.75 Å². The van der Waals surface area contributed by atoms with Gasteiger partial charge in [-0.25, -0.2) is 4.98 Å². The molecule has 0 spiro atoms. The summed E-state index contributed by atoms with van der Waals surface area (Å²) in [5, 5.41) is 9.63. The van der Waals surface area contributed by atoms with E-state index in [0.29, 0.717) is 6.04 Å². The highest BCUT2D eigenvalue weighted by molar-refractivity contribution is 7.99. The molecule has 1 heterocycles. The minimum Gasteiger partial charge on any atom is -0.481 e. The normalized spacial score (nSPS) is 14.4. The molecule has 5 heteroatoms. The number of fused-ring (bicyclic) bond motifs is 1. The Morgan fingerprint density at radius 1 is 1.40 bits per heavy atom. The Labute approximate surface area is 121 Å². The first-order valence-electron chi connectivity index (χ1n) is 6.60. The number of aliphatic carboxylic acids is 1. The van der Waals surface area contributed by atoms with Gasteiger partial charge >= 0.3 is 5.97 Å². The fourth-order valence-corrected chi connectivity index (χ4v) is 3.63. The van der Waals surface area contributed by atoms with Crippen LogP contribution in [0.4, 0.5) is 0 Å². The lowest BCUT2D eigenvalue weighted by atomic mass is 10.1. The van der Waals surface area contributed by atoms with E-state index in [2.05, 4.69) is 33.8 Å². The average molecular weight is 288 g/mol. The number of benzene rings is 1. The molecule has 1 aliphatic carbocycles. The summed E-state index contributed by atoms with van der Waals surface area (Å²) in [6, 6.07) is 8.84. The number of hydrogen-bond acceptors (Lipinski definition) is 3. The van der Waals surface area contributed by atoms with Crippen LogP contribution in [0.15, 0.2) is 35.6 Å². The van der Waals surface area contributed by atoms with Gasteiger partial charge in [0.15, 0.2) is 5.16 Å². The zero-order valence-electron chi connectivity index (χ0n) is 11.2. The zero-order chi connectivity index (χ0) is 14.1. The smallest absolute Gasteiger partial charge is 0.313 e. The Hall–Kier alpha value is -1.75. The summed E-state index contributed by atoms with van der Waals surface area (Å²) in [7, 11) is 0. The third kappa shape index (κ3) is 2.45. The number of aromatic nitrogens is 2. The topological polar surface area (TPSA) is 55.1 Å². The van der Waals surface area contributed by atoms with Crippen molar-refractivity contribution in [3.05, 3.63) is 47.3 Å². The molecule has 104 valence electrons. The van der Waals surface area contributed by atoms with Gasteiger partial charge in [-0.2, -0.15) is 0 Å². The maximum atomic E-state index is 10.7. The monoisotopic (exact) mass is 288 g/mol. The van der Waals surface area contributed by atoms with Crippen LogP contribution in [-0.2, 0) is 17.6 Å². The van der Waals surface area contributed by atoms with Crippen LogP contribution in [0.3, 0.4) is 0 Å². The number of carboxylic acid groups (broad SMARTS) is 1. The number of carboxylic acids is 1. The van der Waals surface area contributed by atoms with Gasteiger partial charge in [0.2, 0.25) is 0 Å². The second kappa shape index (κ2) is 5.32. The zero-order valence-corrected chi connectivity index (χ0v) is 12.1. The van der Waals surface area contributed by atoms with Crippen molar-refractivity contribution in [2.45, 2.75) is 31.0 Å². The van der Waals surface area contributed by atoms with Crippen molar-refractivity contribution in [1.29, 1.82) is 0 Å². The summed E-state index contributed by atoms with van der Waals surface area (Å²) in [4.78, 5) is 15.1. The highest BCUT2D eigenvalue weighted by Gasteiger charge is 2.25. The van der Waals surface area contributed by atoms with E-state index in [9.17, 15) is 4.79 Å². The molecule has 20 heavy (non-hydrogen) atoms. The Morgan fingerprint density at radius 2 is 2.05 bits per heavy atom. The van der Waals surface area contributed by atoms with Crippen LogP contribution in [0.5, 0.6) is 0 Å². The van der Waals surface area contributed by atoms with Gasteiger partial charge in [-0.05, 0) is 30.9 Å². The molecule has 0 saturated carbocycles. The summed E-state index contributed by atoms with van der Waals surface area (Å²) in [5.74, 6) is -0.757. The number of hydrogen-bond donors (Lipinski definition) is 1.